The Labute approximate surface area is 235 Å². The Balaban J connectivity index is 2.03. The third kappa shape index (κ3) is 6.49. The van der Waals surface area contributed by atoms with E-state index in [9.17, 15) is 19.6 Å². The highest BCUT2D eigenvalue weighted by molar-refractivity contribution is 8.26. The molecule has 0 saturated carbocycles. The number of nitriles is 1. The average molecular weight is 559 g/mol. The van der Waals surface area contributed by atoms with Crippen LogP contribution in [0.3, 0.4) is 0 Å². The molecule has 0 aromatic carbocycles. The maximum absolute atomic E-state index is 13.4. The number of pyridine rings is 1. The van der Waals surface area contributed by atoms with Crippen molar-refractivity contribution in [2.24, 2.45) is 5.92 Å². The van der Waals surface area contributed by atoms with Crippen LogP contribution >= 0.6 is 24.0 Å². The van der Waals surface area contributed by atoms with Gasteiger partial charge in [-0.05, 0) is 51.2 Å². The van der Waals surface area contributed by atoms with Gasteiger partial charge in [0.2, 0.25) is 0 Å². The Morgan fingerprint density at radius 2 is 1.84 bits per heavy atom. The molecule has 10 heteroatoms. The highest BCUT2D eigenvalue weighted by atomic mass is 32.2. The smallest absolute Gasteiger partial charge is 0.309 e. The number of thioether (sulfide) groups is 1. The molecule has 2 saturated heterocycles. The zero-order chi connectivity index (χ0) is 27.8. The van der Waals surface area contributed by atoms with Crippen LogP contribution in [0.1, 0.15) is 82.4 Å². The SMILES string of the molecule is CCCCCCN1C(=O)/C(=C\c2c(C)c(C#N)c(=O)n(CCC)c2N2CCC(C(=O)OCC)CC2)SC1=S. The minimum absolute atomic E-state index is 0.0879. The second-order valence-electron chi connectivity index (χ2n) is 9.71. The fourth-order valence-electron chi connectivity index (χ4n) is 5.02. The summed E-state index contributed by atoms with van der Waals surface area (Å²) < 4.78 is 7.42. The first kappa shape index (κ1) is 29.9. The van der Waals surface area contributed by atoms with Crippen LogP contribution in [0.25, 0.3) is 6.08 Å². The monoisotopic (exact) mass is 558 g/mol. The highest BCUT2D eigenvalue weighted by Crippen LogP contribution is 2.37. The van der Waals surface area contributed by atoms with E-state index in [1.165, 1.54) is 11.8 Å². The number of esters is 1. The van der Waals surface area contributed by atoms with Gasteiger partial charge in [-0.3, -0.25) is 23.9 Å². The summed E-state index contributed by atoms with van der Waals surface area (Å²) in [6.07, 6.45) is 7.91. The van der Waals surface area contributed by atoms with Gasteiger partial charge in [0.15, 0.2) is 0 Å². The second-order valence-corrected chi connectivity index (χ2v) is 11.4. The lowest BCUT2D eigenvalue weighted by atomic mass is 9.95. The van der Waals surface area contributed by atoms with Crippen molar-refractivity contribution in [2.45, 2.75) is 79.2 Å². The van der Waals surface area contributed by atoms with E-state index in [0.717, 1.165) is 25.7 Å². The number of rotatable bonds is 11. The fourth-order valence-corrected chi connectivity index (χ4v) is 6.31. The van der Waals surface area contributed by atoms with Crippen molar-refractivity contribution in [1.29, 1.82) is 5.26 Å². The van der Waals surface area contributed by atoms with Crippen LogP contribution in [-0.4, -0.2) is 51.9 Å². The summed E-state index contributed by atoms with van der Waals surface area (Å²) in [5.74, 6) is 0.208. The van der Waals surface area contributed by atoms with E-state index in [2.05, 4.69) is 17.9 Å². The van der Waals surface area contributed by atoms with E-state index >= 15 is 0 Å². The molecule has 0 aliphatic carbocycles. The van der Waals surface area contributed by atoms with E-state index in [1.807, 2.05) is 6.92 Å². The third-order valence-corrected chi connectivity index (χ3v) is 8.47. The maximum atomic E-state index is 13.4. The number of carbonyl (C=O) groups is 2. The van der Waals surface area contributed by atoms with Gasteiger partial charge < -0.3 is 9.64 Å². The average Bonchev–Trinajstić information content (AvgIpc) is 3.17. The number of nitrogens with zero attached hydrogens (tertiary/aromatic N) is 4. The molecule has 0 atom stereocenters. The lowest BCUT2D eigenvalue weighted by Gasteiger charge is -2.35. The molecule has 1 aromatic rings. The zero-order valence-electron chi connectivity index (χ0n) is 22.9. The van der Waals surface area contributed by atoms with Crippen molar-refractivity contribution >= 4 is 52.1 Å². The van der Waals surface area contributed by atoms with E-state index in [1.54, 1.807) is 29.4 Å². The Hall–Kier alpha value is -2.64. The molecule has 0 spiro atoms. The van der Waals surface area contributed by atoms with Crippen molar-refractivity contribution in [1.82, 2.24) is 9.47 Å². The molecule has 206 valence electrons. The zero-order valence-corrected chi connectivity index (χ0v) is 24.5. The van der Waals surface area contributed by atoms with Gasteiger partial charge in [0.05, 0.1) is 17.4 Å². The molecule has 1 aromatic heterocycles. The predicted molar refractivity (Wildman–Crippen MR) is 156 cm³/mol. The van der Waals surface area contributed by atoms with Crippen molar-refractivity contribution < 1.29 is 14.3 Å². The number of amides is 1. The topological polar surface area (TPSA) is 95.6 Å². The molecule has 2 aliphatic rings. The molecule has 3 heterocycles. The van der Waals surface area contributed by atoms with Crippen LogP contribution in [-0.2, 0) is 20.9 Å². The molecule has 2 aliphatic heterocycles. The number of piperidine rings is 1. The van der Waals surface area contributed by atoms with Gasteiger partial charge in [-0.25, -0.2) is 0 Å². The van der Waals surface area contributed by atoms with E-state index < -0.39 is 0 Å². The molecule has 0 N–H and O–H groups in total. The van der Waals surface area contributed by atoms with Gasteiger partial charge in [-0.2, -0.15) is 5.26 Å². The van der Waals surface area contributed by atoms with Crippen LogP contribution in [0.5, 0.6) is 0 Å². The second kappa shape index (κ2) is 13.9. The van der Waals surface area contributed by atoms with Gasteiger partial charge in [0.1, 0.15) is 21.8 Å². The number of carbonyl (C=O) groups excluding carboxylic acids is 2. The molecule has 3 rings (SSSR count). The molecular weight excluding hydrogens is 520 g/mol. The summed E-state index contributed by atoms with van der Waals surface area (Å²) in [7, 11) is 0. The van der Waals surface area contributed by atoms with Gasteiger partial charge >= 0.3 is 5.97 Å². The third-order valence-electron chi connectivity index (χ3n) is 7.09. The Bertz CT molecular complexity index is 1190. The maximum Gasteiger partial charge on any atom is 0.309 e. The highest BCUT2D eigenvalue weighted by Gasteiger charge is 2.34. The fraction of sp³-hybridized carbons (Fsp3) is 0.607. The normalized spacial score (nSPS) is 17.4. The van der Waals surface area contributed by atoms with Gasteiger partial charge in [-0.1, -0.05) is 57.1 Å². The van der Waals surface area contributed by atoms with Gasteiger partial charge in [0, 0.05) is 31.7 Å². The van der Waals surface area contributed by atoms with E-state index in [0.29, 0.717) is 78.2 Å². The number of aromatic nitrogens is 1. The quantitative estimate of drug-likeness (QED) is 0.162. The Kier molecular flexibility index (Phi) is 11.0. The minimum atomic E-state index is -0.324. The van der Waals surface area contributed by atoms with Crippen LogP contribution < -0.4 is 10.5 Å². The van der Waals surface area contributed by atoms with Crippen molar-refractivity contribution in [3.63, 3.8) is 0 Å². The molecular formula is C28H38N4O4S2. The summed E-state index contributed by atoms with van der Waals surface area (Å²) in [6.45, 7) is 10.2. The predicted octanol–water partition coefficient (Wildman–Crippen LogP) is 5.00. The summed E-state index contributed by atoms with van der Waals surface area (Å²) in [4.78, 5) is 43.3. The van der Waals surface area contributed by atoms with Crippen molar-refractivity contribution in [2.75, 3.05) is 31.1 Å². The number of hydrogen-bond donors (Lipinski definition) is 0. The molecule has 1 amide bonds. The number of unbranched alkanes of at least 4 members (excludes halogenated alkanes) is 3. The van der Waals surface area contributed by atoms with Crippen LogP contribution in [0.15, 0.2) is 9.70 Å². The largest absolute Gasteiger partial charge is 0.466 e. The summed E-state index contributed by atoms with van der Waals surface area (Å²) in [5.41, 5.74) is 1.01. The molecule has 38 heavy (non-hydrogen) atoms. The summed E-state index contributed by atoms with van der Waals surface area (Å²) in [6, 6.07) is 2.09. The van der Waals surface area contributed by atoms with Crippen LogP contribution in [0.2, 0.25) is 0 Å². The van der Waals surface area contributed by atoms with Crippen molar-refractivity contribution in [3.8, 4) is 6.07 Å². The standard InChI is InChI=1S/C28H38N4O4S2/c1-5-8-9-10-14-32-26(34)23(38-28(32)37)17-21-19(4)22(18-29)25(33)31(13-6-2)24(21)30-15-11-20(12-16-30)27(35)36-7-3/h17,20H,5-16H2,1-4H3/b23-17+. The number of hydrogen-bond acceptors (Lipinski definition) is 8. The molecule has 0 radical (unpaired) electrons. The van der Waals surface area contributed by atoms with Crippen molar-refractivity contribution in [3.05, 3.63) is 31.9 Å². The Morgan fingerprint density at radius 1 is 1.13 bits per heavy atom. The number of thiocarbonyl (C=S) groups is 1. The number of ether oxygens (including phenoxy) is 1. The first-order valence-electron chi connectivity index (χ1n) is 13.6. The lowest BCUT2D eigenvalue weighted by molar-refractivity contribution is -0.148. The molecule has 8 nitrogen and oxygen atoms in total. The van der Waals surface area contributed by atoms with Gasteiger partial charge in [0.25, 0.3) is 11.5 Å². The number of anilines is 1. The van der Waals surface area contributed by atoms with Gasteiger partial charge in [-0.15, -0.1) is 0 Å². The Morgan fingerprint density at radius 3 is 2.45 bits per heavy atom. The van der Waals surface area contributed by atoms with E-state index in [4.69, 9.17) is 17.0 Å². The van der Waals surface area contributed by atoms with Crippen LogP contribution in [0, 0.1) is 24.2 Å². The molecule has 0 unspecified atom stereocenters. The molecule has 2 fully saturated rings. The first-order valence-corrected chi connectivity index (χ1v) is 14.9. The van der Waals surface area contributed by atoms with E-state index in [-0.39, 0.29) is 28.9 Å². The van der Waals surface area contributed by atoms with Crippen LogP contribution in [0.4, 0.5) is 5.82 Å². The first-order chi connectivity index (χ1) is 18.3. The summed E-state index contributed by atoms with van der Waals surface area (Å²) in [5, 5.41) is 9.85. The molecule has 0 bridgehead atoms. The minimum Gasteiger partial charge on any atom is -0.466 e. The lowest BCUT2D eigenvalue weighted by Crippen LogP contribution is -2.41. The summed E-state index contributed by atoms with van der Waals surface area (Å²) >= 11 is 6.81.